The van der Waals surface area contributed by atoms with Gasteiger partial charge in [0.15, 0.2) is 0 Å². The molecule has 5 heteroatoms. The Hall–Kier alpha value is -3.08. The molecular formula is C21H23NO4. The molecule has 0 saturated heterocycles. The number of nitrogens with zero attached hydrogens (tertiary/aromatic N) is 1. The molecule has 2 aromatic rings. The predicted molar refractivity (Wildman–Crippen MR) is 102 cm³/mol. The summed E-state index contributed by atoms with van der Waals surface area (Å²) in [6.07, 6.45) is 2.47. The van der Waals surface area contributed by atoms with E-state index in [4.69, 9.17) is 4.74 Å². The number of para-hydroxylation sites is 1. The first-order valence-corrected chi connectivity index (χ1v) is 8.51. The molecular weight excluding hydrogens is 330 g/mol. The SMILES string of the molecule is CCN(CC)C(=O)Oc1c(/C=C/C(=O)OC)cccc1-c1ccccc1. The Bertz CT molecular complexity index is 780. The number of carbonyl (C=O) groups excluding carboxylic acids is 2. The molecule has 0 radical (unpaired) electrons. The third kappa shape index (κ3) is 4.72. The van der Waals surface area contributed by atoms with Gasteiger partial charge in [-0.1, -0.05) is 48.5 Å². The molecule has 0 saturated carbocycles. The van der Waals surface area contributed by atoms with Gasteiger partial charge in [-0.3, -0.25) is 0 Å². The number of rotatable bonds is 6. The minimum Gasteiger partial charge on any atom is -0.466 e. The van der Waals surface area contributed by atoms with Gasteiger partial charge < -0.3 is 14.4 Å². The maximum absolute atomic E-state index is 12.5. The van der Waals surface area contributed by atoms with Gasteiger partial charge in [-0.15, -0.1) is 0 Å². The van der Waals surface area contributed by atoms with Crippen molar-refractivity contribution in [3.63, 3.8) is 0 Å². The average Bonchev–Trinajstić information content (AvgIpc) is 2.68. The summed E-state index contributed by atoms with van der Waals surface area (Å²) >= 11 is 0. The van der Waals surface area contributed by atoms with E-state index in [9.17, 15) is 9.59 Å². The summed E-state index contributed by atoms with van der Waals surface area (Å²) < 4.78 is 10.4. The molecule has 0 fully saturated rings. The zero-order valence-electron chi connectivity index (χ0n) is 15.3. The normalized spacial score (nSPS) is 10.6. The maximum Gasteiger partial charge on any atom is 0.415 e. The molecule has 1 amide bonds. The third-order valence-corrected chi connectivity index (χ3v) is 3.94. The Morgan fingerprint density at radius 2 is 1.69 bits per heavy atom. The second kappa shape index (κ2) is 9.42. The first-order chi connectivity index (χ1) is 12.6. The molecule has 5 nitrogen and oxygen atoms in total. The molecule has 2 rings (SSSR count). The number of carbonyl (C=O) groups is 2. The highest BCUT2D eigenvalue weighted by Crippen LogP contribution is 2.34. The summed E-state index contributed by atoms with van der Waals surface area (Å²) in [5.41, 5.74) is 2.32. The molecule has 26 heavy (non-hydrogen) atoms. The van der Waals surface area contributed by atoms with Crippen LogP contribution in [-0.2, 0) is 9.53 Å². The van der Waals surface area contributed by atoms with Crippen molar-refractivity contribution in [2.45, 2.75) is 13.8 Å². The summed E-state index contributed by atoms with van der Waals surface area (Å²) in [4.78, 5) is 25.5. The highest BCUT2D eigenvalue weighted by atomic mass is 16.6. The number of esters is 1. The van der Waals surface area contributed by atoms with Crippen LogP contribution in [0.1, 0.15) is 19.4 Å². The monoisotopic (exact) mass is 353 g/mol. The molecule has 2 aromatic carbocycles. The predicted octanol–water partition coefficient (Wildman–Crippen LogP) is 4.38. The van der Waals surface area contributed by atoms with E-state index in [0.29, 0.717) is 24.4 Å². The van der Waals surface area contributed by atoms with Crippen LogP contribution in [0.5, 0.6) is 5.75 Å². The zero-order chi connectivity index (χ0) is 18.9. The molecule has 0 atom stereocenters. The van der Waals surface area contributed by atoms with Gasteiger partial charge in [0.05, 0.1) is 7.11 Å². The first-order valence-electron chi connectivity index (χ1n) is 8.51. The van der Waals surface area contributed by atoms with Crippen LogP contribution >= 0.6 is 0 Å². The fourth-order valence-electron chi connectivity index (χ4n) is 2.50. The number of benzene rings is 2. The van der Waals surface area contributed by atoms with E-state index < -0.39 is 12.1 Å². The van der Waals surface area contributed by atoms with Crippen molar-refractivity contribution >= 4 is 18.1 Å². The van der Waals surface area contributed by atoms with Crippen LogP contribution in [0.15, 0.2) is 54.6 Å². The van der Waals surface area contributed by atoms with Gasteiger partial charge in [0.1, 0.15) is 5.75 Å². The Kier molecular flexibility index (Phi) is 6.97. The van der Waals surface area contributed by atoms with Crippen molar-refractivity contribution in [2.75, 3.05) is 20.2 Å². The van der Waals surface area contributed by atoms with E-state index >= 15 is 0 Å². The molecule has 0 heterocycles. The van der Waals surface area contributed by atoms with Gasteiger partial charge >= 0.3 is 12.1 Å². The summed E-state index contributed by atoms with van der Waals surface area (Å²) in [6, 6.07) is 15.2. The van der Waals surface area contributed by atoms with E-state index in [0.717, 1.165) is 11.1 Å². The van der Waals surface area contributed by atoms with Crippen LogP contribution in [0.4, 0.5) is 4.79 Å². The lowest BCUT2D eigenvalue weighted by atomic mass is 10.0. The Morgan fingerprint density at radius 3 is 2.31 bits per heavy atom. The Labute approximate surface area is 153 Å². The molecule has 0 aliphatic heterocycles. The minimum absolute atomic E-state index is 0.413. The van der Waals surface area contributed by atoms with E-state index in [1.165, 1.54) is 13.2 Å². The van der Waals surface area contributed by atoms with Crippen molar-refractivity contribution < 1.29 is 19.1 Å². The van der Waals surface area contributed by atoms with Crippen LogP contribution in [0, 0.1) is 0 Å². The lowest BCUT2D eigenvalue weighted by Crippen LogP contribution is -2.33. The number of hydrogen-bond donors (Lipinski definition) is 0. The van der Waals surface area contributed by atoms with Gasteiger partial charge in [0.2, 0.25) is 0 Å². The zero-order valence-corrected chi connectivity index (χ0v) is 15.3. The molecule has 0 spiro atoms. The Morgan fingerprint density at radius 1 is 1.00 bits per heavy atom. The van der Waals surface area contributed by atoms with Gasteiger partial charge in [-0.05, 0) is 25.5 Å². The van der Waals surface area contributed by atoms with Crippen molar-refractivity contribution in [2.24, 2.45) is 0 Å². The summed E-state index contributed by atoms with van der Waals surface area (Å²) in [5.74, 6) is -0.0631. The number of methoxy groups -OCH3 is 1. The number of ether oxygens (including phenoxy) is 2. The molecule has 0 aromatic heterocycles. The fourth-order valence-corrected chi connectivity index (χ4v) is 2.50. The van der Waals surface area contributed by atoms with Crippen LogP contribution in [0.2, 0.25) is 0 Å². The van der Waals surface area contributed by atoms with Crippen molar-refractivity contribution in [1.82, 2.24) is 4.90 Å². The van der Waals surface area contributed by atoms with Crippen molar-refractivity contribution in [3.8, 4) is 16.9 Å². The Balaban J connectivity index is 2.50. The molecule has 0 bridgehead atoms. The van der Waals surface area contributed by atoms with Gasteiger partial charge in [-0.2, -0.15) is 0 Å². The topological polar surface area (TPSA) is 55.8 Å². The van der Waals surface area contributed by atoms with Crippen LogP contribution < -0.4 is 4.74 Å². The molecule has 0 aliphatic rings. The van der Waals surface area contributed by atoms with Gasteiger partial charge in [-0.25, -0.2) is 9.59 Å². The number of hydrogen-bond acceptors (Lipinski definition) is 4. The van der Waals surface area contributed by atoms with E-state index in [1.54, 1.807) is 17.0 Å². The summed E-state index contributed by atoms with van der Waals surface area (Å²) in [7, 11) is 1.31. The second-order valence-electron chi connectivity index (χ2n) is 5.49. The van der Waals surface area contributed by atoms with Crippen LogP contribution in [0.25, 0.3) is 17.2 Å². The van der Waals surface area contributed by atoms with E-state index in [2.05, 4.69) is 4.74 Å². The standard InChI is InChI=1S/C21H23NO4/c1-4-22(5-2)21(24)26-20-17(14-15-19(23)25-3)12-9-13-18(20)16-10-7-6-8-11-16/h6-15H,4-5H2,1-3H3/b15-14+. The summed E-state index contributed by atoms with van der Waals surface area (Å²) in [5, 5.41) is 0. The van der Waals surface area contributed by atoms with Gasteiger partial charge in [0, 0.05) is 30.3 Å². The highest BCUT2D eigenvalue weighted by molar-refractivity contribution is 5.89. The molecule has 0 N–H and O–H groups in total. The molecule has 0 aliphatic carbocycles. The largest absolute Gasteiger partial charge is 0.466 e. The second-order valence-corrected chi connectivity index (χ2v) is 5.49. The molecule has 0 unspecified atom stereocenters. The average molecular weight is 353 g/mol. The lowest BCUT2D eigenvalue weighted by molar-refractivity contribution is -0.134. The van der Waals surface area contributed by atoms with Crippen LogP contribution in [0.3, 0.4) is 0 Å². The molecule has 136 valence electrons. The fraction of sp³-hybridized carbons (Fsp3) is 0.238. The smallest absolute Gasteiger partial charge is 0.415 e. The third-order valence-electron chi connectivity index (χ3n) is 3.94. The maximum atomic E-state index is 12.5. The van der Waals surface area contributed by atoms with E-state index in [-0.39, 0.29) is 0 Å². The van der Waals surface area contributed by atoms with Crippen LogP contribution in [-0.4, -0.2) is 37.2 Å². The minimum atomic E-state index is -0.476. The highest BCUT2D eigenvalue weighted by Gasteiger charge is 2.18. The summed E-state index contributed by atoms with van der Waals surface area (Å²) in [6.45, 7) is 4.89. The lowest BCUT2D eigenvalue weighted by Gasteiger charge is -2.20. The van der Waals surface area contributed by atoms with E-state index in [1.807, 2.05) is 56.3 Å². The van der Waals surface area contributed by atoms with Gasteiger partial charge in [0.25, 0.3) is 0 Å². The first kappa shape index (κ1) is 19.2. The quantitative estimate of drug-likeness (QED) is 0.571. The number of amides is 1. The van der Waals surface area contributed by atoms with Crippen molar-refractivity contribution in [3.05, 3.63) is 60.2 Å². The van der Waals surface area contributed by atoms with Crippen molar-refractivity contribution in [1.29, 1.82) is 0 Å².